The fourth-order valence-corrected chi connectivity index (χ4v) is 2.31. The number of hydrogen-bond acceptors (Lipinski definition) is 2. The van der Waals surface area contributed by atoms with E-state index in [1.54, 1.807) is 0 Å². The minimum Gasteiger partial charge on any atom is -0.369 e. The Kier molecular flexibility index (Phi) is 2.48. The van der Waals surface area contributed by atoms with Crippen molar-refractivity contribution in [3.63, 3.8) is 0 Å². The van der Waals surface area contributed by atoms with Gasteiger partial charge in [0.05, 0.1) is 5.69 Å². The fraction of sp³-hybridized carbons (Fsp3) is 0.727. The van der Waals surface area contributed by atoms with Crippen molar-refractivity contribution in [2.24, 2.45) is 11.8 Å². The van der Waals surface area contributed by atoms with Crippen molar-refractivity contribution >= 4 is 5.95 Å². The summed E-state index contributed by atoms with van der Waals surface area (Å²) in [6.45, 7) is 4.60. The maximum absolute atomic E-state index is 5.66. The summed E-state index contributed by atoms with van der Waals surface area (Å²) in [6.07, 6.45) is 4.78. The van der Waals surface area contributed by atoms with E-state index in [1.165, 1.54) is 24.2 Å². The summed E-state index contributed by atoms with van der Waals surface area (Å²) in [5.41, 5.74) is 8.14. The average Bonchev–Trinajstić information content (AvgIpc) is 2.32. The third kappa shape index (κ3) is 1.76. The second-order valence-electron chi connectivity index (χ2n) is 4.65. The summed E-state index contributed by atoms with van der Waals surface area (Å²) in [4.78, 5) is 7.52. The zero-order valence-electron chi connectivity index (χ0n) is 9.01. The number of fused-ring (bicyclic) bond motifs is 1. The first-order valence-corrected chi connectivity index (χ1v) is 5.50. The highest BCUT2D eigenvalue weighted by molar-refractivity contribution is 5.27. The predicted molar refractivity (Wildman–Crippen MR) is 58.0 cm³/mol. The molecular formula is C11H19N3. The van der Waals surface area contributed by atoms with Gasteiger partial charge in [-0.2, -0.15) is 0 Å². The molecule has 2 rings (SSSR count). The first-order valence-electron chi connectivity index (χ1n) is 5.50. The second-order valence-corrected chi connectivity index (χ2v) is 4.65. The second kappa shape index (κ2) is 3.64. The molecule has 1 aromatic rings. The van der Waals surface area contributed by atoms with Crippen LogP contribution in [0.5, 0.6) is 0 Å². The van der Waals surface area contributed by atoms with E-state index < -0.39 is 0 Å². The molecule has 1 heterocycles. The molecule has 1 unspecified atom stereocenters. The van der Waals surface area contributed by atoms with Crippen LogP contribution in [0.15, 0.2) is 0 Å². The minimum atomic E-state index is 0.583. The lowest BCUT2D eigenvalue weighted by Gasteiger charge is -2.17. The first-order chi connectivity index (χ1) is 6.66. The fourth-order valence-electron chi connectivity index (χ4n) is 2.31. The van der Waals surface area contributed by atoms with E-state index in [4.69, 9.17) is 5.73 Å². The van der Waals surface area contributed by atoms with Crippen molar-refractivity contribution < 1.29 is 0 Å². The molecule has 14 heavy (non-hydrogen) atoms. The van der Waals surface area contributed by atoms with E-state index in [9.17, 15) is 0 Å². The minimum absolute atomic E-state index is 0.583. The van der Waals surface area contributed by atoms with Gasteiger partial charge in [0, 0.05) is 5.69 Å². The molecule has 78 valence electrons. The molecule has 0 bridgehead atoms. The molecule has 0 aromatic carbocycles. The van der Waals surface area contributed by atoms with Gasteiger partial charge in [-0.05, 0) is 37.5 Å². The van der Waals surface area contributed by atoms with Gasteiger partial charge in [-0.1, -0.05) is 13.8 Å². The molecule has 0 saturated carbocycles. The van der Waals surface area contributed by atoms with Crippen LogP contribution in [0.25, 0.3) is 0 Å². The van der Waals surface area contributed by atoms with Crippen LogP contribution in [0.3, 0.4) is 0 Å². The van der Waals surface area contributed by atoms with E-state index in [2.05, 4.69) is 23.8 Å². The number of aromatic amines is 1. The zero-order valence-corrected chi connectivity index (χ0v) is 9.01. The molecule has 1 atom stereocenters. The van der Waals surface area contributed by atoms with Crippen LogP contribution in [0.4, 0.5) is 5.95 Å². The average molecular weight is 193 g/mol. The van der Waals surface area contributed by atoms with Crippen molar-refractivity contribution in [1.82, 2.24) is 9.97 Å². The topological polar surface area (TPSA) is 54.7 Å². The quantitative estimate of drug-likeness (QED) is 0.671. The Morgan fingerprint density at radius 2 is 2.29 bits per heavy atom. The number of anilines is 1. The number of imidazole rings is 1. The summed E-state index contributed by atoms with van der Waals surface area (Å²) >= 11 is 0. The molecule has 1 aliphatic rings. The maximum Gasteiger partial charge on any atom is 0.197 e. The first kappa shape index (κ1) is 9.56. The zero-order chi connectivity index (χ0) is 10.1. The van der Waals surface area contributed by atoms with Gasteiger partial charge >= 0.3 is 0 Å². The van der Waals surface area contributed by atoms with Crippen LogP contribution in [0, 0.1) is 11.8 Å². The Balaban J connectivity index is 2.21. The molecule has 0 spiro atoms. The molecular weight excluding hydrogens is 174 g/mol. The van der Waals surface area contributed by atoms with Crippen LogP contribution >= 0.6 is 0 Å². The third-order valence-electron chi connectivity index (χ3n) is 3.28. The summed E-state index contributed by atoms with van der Waals surface area (Å²) < 4.78 is 0. The highest BCUT2D eigenvalue weighted by Crippen LogP contribution is 2.28. The third-order valence-corrected chi connectivity index (χ3v) is 3.28. The Morgan fingerprint density at radius 3 is 3.00 bits per heavy atom. The van der Waals surface area contributed by atoms with Gasteiger partial charge in [0.1, 0.15) is 0 Å². The van der Waals surface area contributed by atoms with Gasteiger partial charge in [0.15, 0.2) is 5.95 Å². The maximum atomic E-state index is 5.66. The summed E-state index contributed by atoms with van der Waals surface area (Å²) in [7, 11) is 0. The lowest BCUT2D eigenvalue weighted by molar-refractivity contribution is 0.355. The highest BCUT2D eigenvalue weighted by Gasteiger charge is 2.21. The number of H-pyrrole nitrogens is 1. The SMILES string of the molecule is CC(C)C1CCCc2nc(N)[nH]c2C1. The Labute approximate surface area is 85.1 Å². The molecule has 1 aromatic heterocycles. The molecule has 0 amide bonds. The van der Waals surface area contributed by atoms with Gasteiger partial charge < -0.3 is 10.7 Å². The molecule has 3 N–H and O–H groups in total. The predicted octanol–water partition coefficient (Wildman–Crippen LogP) is 2.14. The molecule has 0 radical (unpaired) electrons. The molecule has 0 fully saturated rings. The molecule has 1 aliphatic carbocycles. The lowest BCUT2D eigenvalue weighted by atomic mass is 9.89. The molecule has 3 heteroatoms. The number of nitrogens with two attached hydrogens (primary N) is 1. The van der Waals surface area contributed by atoms with E-state index in [0.29, 0.717) is 5.95 Å². The summed E-state index contributed by atoms with van der Waals surface area (Å²) in [6, 6.07) is 0. The monoisotopic (exact) mass is 193 g/mol. The summed E-state index contributed by atoms with van der Waals surface area (Å²) in [5.74, 6) is 2.13. The number of nitrogens with zero attached hydrogens (tertiary/aromatic N) is 1. The van der Waals surface area contributed by atoms with Gasteiger partial charge in [-0.3, -0.25) is 0 Å². The molecule has 0 aliphatic heterocycles. The van der Waals surface area contributed by atoms with E-state index >= 15 is 0 Å². The van der Waals surface area contributed by atoms with Crippen LogP contribution in [0.2, 0.25) is 0 Å². The van der Waals surface area contributed by atoms with E-state index in [0.717, 1.165) is 24.7 Å². The van der Waals surface area contributed by atoms with E-state index in [-0.39, 0.29) is 0 Å². The lowest BCUT2D eigenvalue weighted by Crippen LogP contribution is -2.11. The van der Waals surface area contributed by atoms with Crippen LogP contribution in [0.1, 0.15) is 38.1 Å². The van der Waals surface area contributed by atoms with Gasteiger partial charge in [-0.25, -0.2) is 4.98 Å². The van der Waals surface area contributed by atoms with Crippen molar-refractivity contribution in [2.45, 2.75) is 39.5 Å². The number of aryl methyl sites for hydroxylation is 1. The van der Waals surface area contributed by atoms with Crippen molar-refractivity contribution in [1.29, 1.82) is 0 Å². The van der Waals surface area contributed by atoms with Crippen molar-refractivity contribution in [2.75, 3.05) is 5.73 Å². The van der Waals surface area contributed by atoms with Crippen molar-refractivity contribution in [3.05, 3.63) is 11.4 Å². The number of nitrogens with one attached hydrogen (secondary N) is 1. The van der Waals surface area contributed by atoms with Gasteiger partial charge in [0.2, 0.25) is 0 Å². The normalized spacial score (nSPS) is 22.1. The van der Waals surface area contributed by atoms with Crippen LogP contribution in [-0.2, 0) is 12.8 Å². The number of aromatic nitrogens is 2. The van der Waals surface area contributed by atoms with Crippen LogP contribution < -0.4 is 5.73 Å². The summed E-state index contributed by atoms with van der Waals surface area (Å²) in [5, 5.41) is 0. The number of hydrogen-bond donors (Lipinski definition) is 2. The Morgan fingerprint density at radius 1 is 1.50 bits per heavy atom. The molecule has 0 saturated heterocycles. The highest BCUT2D eigenvalue weighted by atomic mass is 15.0. The molecule has 3 nitrogen and oxygen atoms in total. The smallest absolute Gasteiger partial charge is 0.197 e. The number of rotatable bonds is 1. The Bertz CT molecular complexity index is 314. The number of nitrogen functional groups attached to an aromatic ring is 1. The van der Waals surface area contributed by atoms with Gasteiger partial charge in [-0.15, -0.1) is 0 Å². The van der Waals surface area contributed by atoms with Crippen LogP contribution in [-0.4, -0.2) is 9.97 Å². The van der Waals surface area contributed by atoms with E-state index in [1.807, 2.05) is 0 Å². The largest absolute Gasteiger partial charge is 0.369 e. The standard InChI is InChI=1S/C11H19N3/c1-7(2)8-4-3-5-9-10(6-8)14-11(12)13-9/h7-8H,3-6H2,1-2H3,(H3,12,13,14). The Hall–Kier alpha value is -0.990. The van der Waals surface area contributed by atoms with Crippen molar-refractivity contribution in [3.8, 4) is 0 Å². The van der Waals surface area contributed by atoms with Gasteiger partial charge in [0.25, 0.3) is 0 Å².